The topological polar surface area (TPSA) is 105 Å². The summed E-state index contributed by atoms with van der Waals surface area (Å²) < 4.78 is 11.1. The number of nitrogens with one attached hydrogen (secondary N) is 1. The number of hydrogen-bond acceptors (Lipinski definition) is 6. The number of benzene rings is 4. The Labute approximate surface area is 220 Å². The lowest BCUT2D eigenvalue weighted by atomic mass is 9.98. The molecule has 3 N–H and O–H groups in total. The van der Waals surface area contributed by atoms with Gasteiger partial charge in [0.25, 0.3) is 0 Å². The maximum Gasteiger partial charge on any atom is 0.407 e. The van der Waals surface area contributed by atoms with Crippen LogP contribution < -0.4 is 5.32 Å². The lowest BCUT2D eigenvalue weighted by molar-refractivity contribution is -0.147. The number of phenols is 2. The molecule has 4 aromatic carbocycles. The number of ether oxygens (including phenoxy) is 2. The molecule has 1 atom stereocenters. The minimum absolute atomic E-state index is 0.0334. The number of carbonyl (C=O) groups excluding carboxylic acids is 2. The number of fused-ring (bicyclic) bond motifs is 3. The van der Waals surface area contributed by atoms with E-state index in [1.165, 1.54) is 12.1 Å². The normalized spacial score (nSPS) is 12.7. The maximum absolute atomic E-state index is 13.0. The number of esters is 1. The Bertz CT molecular complexity index is 1410. The van der Waals surface area contributed by atoms with E-state index in [2.05, 4.69) is 17.4 Å². The van der Waals surface area contributed by atoms with Crippen molar-refractivity contribution >= 4 is 12.1 Å². The smallest absolute Gasteiger partial charge is 0.407 e. The van der Waals surface area contributed by atoms with Gasteiger partial charge < -0.3 is 25.0 Å². The van der Waals surface area contributed by atoms with E-state index < -0.39 is 18.1 Å². The van der Waals surface area contributed by atoms with Crippen molar-refractivity contribution in [1.82, 2.24) is 5.32 Å². The third-order valence-corrected chi connectivity index (χ3v) is 6.62. The molecule has 0 bridgehead atoms. The molecule has 0 heterocycles. The van der Waals surface area contributed by atoms with Gasteiger partial charge in [-0.05, 0) is 45.5 Å². The Morgan fingerprint density at radius 3 is 2.03 bits per heavy atom. The van der Waals surface area contributed by atoms with Crippen LogP contribution in [0.25, 0.3) is 11.1 Å². The number of amides is 1. The molecule has 192 valence electrons. The second-order valence-electron chi connectivity index (χ2n) is 9.14. The molecule has 0 unspecified atom stereocenters. The first-order valence-electron chi connectivity index (χ1n) is 12.3. The van der Waals surface area contributed by atoms with Crippen molar-refractivity contribution in [3.05, 3.63) is 119 Å². The second-order valence-corrected chi connectivity index (χ2v) is 9.14. The van der Waals surface area contributed by atoms with Crippen LogP contribution in [-0.4, -0.2) is 34.9 Å². The minimum Gasteiger partial charge on any atom is -0.504 e. The van der Waals surface area contributed by atoms with Crippen LogP contribution in [0.5, 0.6) is 11.5 Å². The summed E-state index contributed by atoms with van der Waals surface area (Å²) in [4.78, 5) is 25.9. The van der Waals surface area contributed by atoms with Crippen LogP contribution in [0.1, 0.15) is 28.2 Å². The van der Waals surface area contributed by atoms with Gasteiger partial charge in [0.15, 0.2) is 11.5 Å². The van der Waals surface area contributed by atoms with Crippen LogP contribution in [0.4, 0.5) is 4.79 Å². The van der Waals surface area contributed by atoms with Gasteiger partial charge in [-0.1, -0.05) is 84.9 Å². The van der Waals surface area contributed by atoms with E-state index in [1.54, 1.807) is 6.07 Å². The van der Waals surface area contributed by atoms with Gasteiger partial charge in [-0.15, -0.1) is 0 Å². The van der Waals surface area contributed by atoms with Crippen LogP contribution in [0, 0.1) is 0 Å². The second kappa shape index (κ2) is 11.1. The van der Waals surface area contributed by atoms with Crippen molar-refractivity contribution in [2.75, 3.05) is 6.61 Å². The van der Waals surface area contributed by atoms with E-state index in [9.17, 15) is 19.8 Å². The average Bonchev–Trinajstić information content (AvgIpc) is 3.26. The van der Waals surface area contributed by atoms with Crippen LogP contribution in [0.15, 0.2) is 97.1 Å². The average molecular weight is 510 g/mol. The van der Waals surface area contributed by atoms with Crippen molar-refractivity contribution in [2.24, 2.45) is 0 Å². The van der Waals surface area contributed by atoms with Gasteiger partial charge in [-0.25, -0.2) is 9.59 Å². The fourth-order valence-corrected chi connectivity index (χ4v) is 4.74. The zero-order chi connectivity index (χ0) is 26.5. The summed E-state index contributed by atoms with van der Waals surface area (Å²) in [6.45, 7) is 0.148. The molecule has 0 spiro atoms. The molecule has 0 aliphatic heterocycles. The first-order valence-corrected chi connectivity index (χ1v) is 12.3. The molecular formula is C31H27NO6. The van der Waals surface area contributed by atoms with Gasteiger partial charge in [0.05, 0.1) is 0 Å². The molecule has 5 rings (SSSR count). The van der Waals surface area contributed by atoms with Gasteiger partial charge in [0.2, 0.25) is 0 Å². The number of alkyl carbamates (subject to hydrolysis) is 1. The SMILES string of the molecule is O=C(N[C@@H](Cc1ccc(O)c(O)c1)C(=O)OCc1ccccc1)OCC1c2ccccc2-c2ccccc21. The summed E-state index contributed by atoms with van der Waals surface area (Å²) in [7, 11) is 0. The molecule has 0 aromatic heterocycles. The Hall–Kier alpha value is -4.78. The van der Waals surface area contributed by atoms with Crippen LogP contribution in [-0.2, 0) is 27.3 Å². The third kappa shape index (κ3) is 5.47. The first kappa shape index (κ1) is 24.9. The monoisotopic (exact) mass is 509 g/mol. The number of phenolic OH excluding ortho intramolecular Hbond substituents is 2. The summed E-state index contributed by atoms with van der Waals surface area (Å²) in [6.07, 6.45) is -0.720. The molecule has 7 nitrogen and oxygen atoms in total. The molecular weight excluding hydrogens is 482 g/mol. The van der Waals surface area contributed by atoms with Crippen molar-refractivity contribution < 1.29 is 29.3 Å². The summed E-state index contributed by atoms with van der Waals surface area (Å²) >= 11 is 0. The van der Waals surface area contributed by atoms with E-state index in [1.807, 2.05) is 66.7 Å². The number of aromatic hydroxyl groups is 2. The zero-order valence-electron chi connectivity index (χ0n) is 20.5. The van der Waals surface area contributed by atoms with Gasteiger partial charge in [0, 0.05) is 12.3 Å². The highest BCUT2D eigenvalue weighted by Gasteiger charge is 2.30. The van der Waals surface area contributed by atoms with E-state index in [0.717, 1.165) is 27.8 Å². The molecule has 0 radical (unpaired) electrons. The van der Waals surface area contributed by atoms with Crippen LogP contribution in [0.3, 0.4) is 0 Å². The molecule has 4 aromatic rings. The van der Waals surface area contributed by atoms with E-state index >= 15 is 0 Å². The molecule has 0 saturated carbocycles. The van der Waals surface area contributed by atoms with E-state index in [4.69, 9.17) is 9.47 Å². The summed E-state index contributed by atoms with van der Waals surface area (Å²) in [6, 6.07) is 28.4. The molecule has 7 heteroatoms. The van der Waals surface area contributed by atoms with Crippen LogP contribution >= 0.6 is 0 Å². The highest BCUT2D eigenvalue weighted by Crippen LogP contribution is 2.44. The minimum atomic E-state index is -1.07. The molecule has 0 saturated heterocycles. The predicted molar refractivity (Wildman–Crippen MR) is 142 cm³/mol. The molecule has 1 amide bonds. The van der Waals surface area contributed by atoms with E-state index in [0.29, 0.717) is 5.56 Å². The quantitative estimate of drug-likeness (QED) is 0.220. The largest absolute Gasteiger partial charge is 0.504 e. The Balaban J connectivity index is 1.28. The highest BCUT2D eigenvalue weighted by atomic mass is 16.6. The van der Waals surface area contributed by atoms with Gasteiger partial charge in [0.1, 0.15) is 19.3 Å². The Morgan fingerprint density at radius 2 is 1.37 bits per heavy atom. The first-order chi connectivity index (χ1) is 18.5. The molecule has 38 heavy (non-hydrogen) atoms. The van der Waals surface area contributed by atoms with Crippen molar-refractivity contribution in [3.8, 4) is 22.6 Å². The number of rotatable bonds is 8. The third-order valence-electron chi connectivity index (χ3n) is 6.62. The fraction of sp³-hybridized carbons (Fsp3) is 0.161. The molecule has 0 fully saturated rings. The predicted octanol–water partition coefficient (Wildman–Crippen LogP) is 5.29. The van der Waals surface area contributed by atoms with Crippen molar-refractivity contribution in [2.45, 2.75) is 25.0 Å². The van der Waals surface area contributed by atoms with Gasteiger partial charge in [-0.3, -0.25) is 0 Å². The van der Waals surface area contributed by atoms with Crippen LogP contribution in [0.2, 0.25) is 0 Å². The molecule has 1 aliphatic carbocycles. The highest BCUT2D eigenvalue weighted by molar-refractivity contribution is 5.82. The van der Waals surface area contributed by atoms with Crippen molar-refractivity contribution in [3.63, 3.8) is 0 Å². The number of hydrogen-bond donors (Lipinski definition) is 3. The summed E-state index contributed by atoms with van der Waals surface area (Å²) in [5.74, 6) is -1.36. The standard InChI is InChI=1S/C31H27NO6/c33-28-15-14-21(17-29(28)34)16-27(30(35)37-18-20-8-2-1-3-9-20)32-31(36)38-19-26-24-12-6-4-10-22(24)23-11-5-7-13-25(23)26/h1-15,17,26-27,33-34H,16,18-19H2,(H,32,36)/t27-/m0/s1. The lowest BCUT2D eigenvalue weighted by Crippen LogP contribution is -2.43. The fourth-order valence-electron chi connectivity index (χ4n) is 4.74. The van der Waals surface area contributed by atoms with E-state index in [-0.39, 0.29) is 37.1 Å². The lowest BCUT2D eigenvalue weighted by Gasteiger charge is -2.19. The Morgan fingerprint density at radius 1 is 0.737 bits per heavy atom. The maximum atomic E-state index is 13.0. The number of carbonyl (C=O) groups is 2. The van der Waals surface area contributed by atoms with Crippen molar-refractivity contribution in [1.29, 1.82) is 0 Å². The molecule has 1 aliphatic rings. The summed E-state index contributed by atoms with van der Waals surface area (Å²) in [5, 5.41) is 22.1. The Kier molecular flexibility index (Phi) is 7.26. The summed E-state index contributed by atoms with van der Waals surface area (Å²) in [5.41, 5.74) is 5.74. The van der Waals surface area contributed by atoms with Gasteiger partial charge in [-0.2, -0.15) is 0 Å². The zero-order valence-corrected chi connectivity index (χ0v) is 20.5. The van der Waals surface area contributed by atoms with Gasteiger partial charge >= 0.3 is 12.1 Å².